The smallest absolute Gasteiger partial charge is 0.338 e. The molecule has 0 radical (unpaired) electrons. The van der Waals surface area contributed by atoms with Gasteiger partial charge in [-0.2, -0.15) is 0 Å². The minimum atomic E-state index is -2.93. The quantitative estimate of drug-likeness (QED) is 0.117. The van der Waals surface area contributed by atoms with Gasteiger partial charge < -0.3 is 20.7 Å². The highest BCUT2D eigenvalue weighted by Gasteiger charge is 2.07. The molecule has 0 aliphatic carbocycles. The average molecular weight is 615 g/mol. The van der Waals surface area contributed by atoms with Gasteiger partial charge in [0.2, 0.25) is 0 Å². The van der Waals surface area contributed by atoms with Gasteiger partial charge in [0.25, 0.3) is 5.69 Å². The lowest BCUT2D eigenvalue weighted by molar-refractivity contribution is -0.384. The summed E-state index contributed by atoms with van der Waals surface area (Å²) in [5.74, 6) is -0.164. The topological polar surface area (TPSA) is 140 Å². The van der Waals surface area contributed by atoms with E-state index in [1.807, 2.05) is 56.3 Å². The zero-order chi connectivity index (χ0) is 32.6. The van der Waals surface area contributed by atoms with Crippen LogP contribution in [0.2, 0.25) is 0 Å². The first kappa shape index (κ1) is 36.9. The highest BCUT2D eigenvalue weighted by atomic mass is 32.2. The molecule has 3 aromatic carbocycles. The van der Waals surface area contributed by atoms with Crippen molar-refractivity contribution < 1.29 is 22.9 Å². The van der Waals surface area contributed by atoms with E-state index in [1.54, 1.807) is 25.1 Å². The molecule has 3 N–H and O–H groups in total. The standard InChI is InChI=1S/C12H17NO2.C11H17NO2S.C9H12N2O2/c1-4-15-12(14)10-5-7-11(8-6-10)13-9(2)3;1-9(2)12-11-6-4-10(5-7-11)8-15(3,13)14;1-7(2)10-8-4-3-5-9(6-8)11(12)13/h5-9,13H,4H2,1-3H3;4-7,9,12H,8H2,1-3H3;3-7,10H,1-2H3. The fourth-order valence-corrected chi connectivity index (χ4v) is 4.42. The highest BCUT2D eigenvalue weighted by molar-refractivity contribution is 7.89. The van der Waals surface area contributed by atoms with Crippen LogP contribution in [0.1, 0.15) is 64.4 Å². The molecule has 0 aliphatic heterocycles. The maximum Gasteiger partial charge on any atom is 0.338 e. The normalized spacial score (nSPS) is 10.7. The number of nitrogens with zero attached hydrogens (tertiary/aromatic N) is 1. The summed E-state index contributed by atoms with van der Waals surface area (Å²) in [6.07, 6.45) is 1.24. The first-order valence-electron chi connectivity index (χ1n) is 14.2. The number of sulfone groups is 1. The van der Waals surface area contributed by atoms with E-state index in [4.69, 9.17) is 4.74 Å². The summed E-state index contributed by atoms with van der Waals surface area (Å²) < 4.78 is 27.0. The Balaban J connectivity index is 0.000000324. The van der Waals surface area contributed by atoms with Gasteiger partial charge in [-0.1, -0.05) is 18.2 Å². The summed E-state index contributed by atoms with van der Waals surface area (Å²) in [7, 11) is -2.93. The molecular formula is C32H46N4O6S. The fraction of sp³-hybridized carbons (Fsp3) is 0.406. The number of esters is 1. The number of nitro groups is 1. The van der Waals surface area contributed by atoms with E-state index < -0.39 is 14.8 Å². The van der Waals surface area contributed by atoms with Crippen molar-refractivity contribution in [2.45, 2.75) is 72.3 Å². The van der Waals surface area contributed by atoms with Crippen LogP contribution in [0, 0.1) is 10.1 Å². The molecular weight excluding hydrogens is 568 g/mol. The van der Waals surface area contributed by atoms with Crippen molar-refractivity contribution in [2.75, 3.05) is 28.8 Å². The molecule has 0 unspecified atom stereocenters. The molecule has 3 aromatic rings. The third-order valence-electron chi connectivity index (χ3n) is 5.20. The van der Waals surface area contributed by atoms with E-state index in [1.165, 1.54) is 18.4 Å². The molecule has 0 bridgehead atoms. The fourth-order valence-electron chi connectivity index (χ4n) is 3.63. The van der Waals surface area contributed by atoms with Gasteiger partial charge in [0, 0.05) is 53.6 Å². The van der Waals surface area contributed by atoms with Gasteiger partial charge in [-0.3, -0.25) is 10.1 Å². The molecule has 0 amide bonds. The van der Waals surface area contributed by atoms with Crippen LogP contribution < -0.4 is 16.0 Å². The van der Waals surface area contributed by atoms with Crippen LogP contribution in [0.25, 0.3) is 0 Å². The number of hydrogen-bond acceptors (Lipinski definition) is 9. The van der Waals surface area contributed by atoms with Crippen molar-refractivity contribution >= 4 is 38.6 Å². The molecule has 0 aromatic heterocycles. The zero-order valence-corrected chi connectivity index (χ0v) is 27.2. The van der Waals surface area contributed by atoms with Crippen molar-refractivity contribution in [3.63, 3.8) is 0 Å². The second-order valence-corrected chi connectivity index (χ2v) is 12.9. The van der Waals surface area contributed by atoms with Gasteiger partial charge in [0.05, 0.1) is 22.8 Å². The van der Waals surface area contributed by atoms with Crippen molar-refractivity contribution in [1.82, 2.24) is 0 Å². The van der Waals surface area contributed by atoms with Crippen LogP contribution in [-0.4, -0.2) is 50.3 Å². The number of nitrogens with one attached hydrogen (secondary N) is 3. The van der Waals surface area contributed by atoms with Gasteiger partial charge in [-0.05, 0) is 96.5 Å². The van der Waals surface area contributed by atoms with Gasteiger partial charge >= 0.3 is 5.97 Å². The largest absolute Gasteiger partial charge is 0.462 e. The Morgan fingerprint density at radius 3 is 1.67 bits per heavy atom. The molecule has 43 heavy (non-hydrogen) atoms. The molecule has 3 rings (SSSR count). The Bertz CT molecular complexity index is 1370. The van der Waals surface area contributed by atoms with Crippen molar-refractivity contribution in [2.24, 2.45) is 0 Å². The van der Waals surface area contributed by atoms with E-state index in [9.17, 15) is 23.3 Å². The van der Waals surface area contributed by atoms with Crippen molar-refractivity contribution in [3.05, 3.63) is 94.0 Å². The third kappa shape index (κ3) is 16.8. The van der Waals surface area contributed by atoms with Crippen LogP contribution in [0.5, 0.6) is 0 Å². The Morgan fingerprint density at radius 2 is 1.26 bits per heavy atom. The van der Waals surface area contributed by atoms with Gasteiger partial charge in [-0.15, -0.1) is 0 Å². The van der Waals surface area contributed by atoms with Gasteiger partial charge in [0.1, 0.15) is 0 Å². The van der Waals surface area contributed by atoms with E-state index in [2.05, 4.69) is 43.6 Å². The molecule has 0 atom stereocenters. The summed E-state index contributed by atoms with van der Waals surface area (Å²) in [6.45, 7) is 14.4. The lowest BCUT2D eigenvalue weighted by atomic mass is 10.2. The van der Waals surface area contributed by atoms with Crippen LogP contribution >= 0.6 is 0 Å². The Kier molecular flexibility index (Phi) is 15.8. The first-order valence-corrected chi connectivity index (χ1v) is 16.2. The maximum absolute atomic E-state index is 11.3. The van der Waals surface area contributed by atoms with E-state index in [0.29, 0.717) is 24.3 Å². The number of carbonyl (C=O) groups excluding carboxylic acids is 1. The number of non-ortho nitro benzene ring substituents is 1. The van der Waals surface area contributed by atoms with Crippen LogP contribution in [0.15, 0.2) is 72.8 Å². The second kappa shape index (κ2) is 18.4. The molecule has 10 nitrogen and oxygen atoms in total. The summed E-state index contributed by atoms with van der Waals surface area (Å²) in [5, 5.41) is 20.0. The average Bonchev–Trinajstić information content (AvgIpc) is 2.89. The number of carbonyl (C=O) groups is 1. The maximum atomic E-state index is 11.3. The lowest BCUT2D eigenvalue weighted by Gasteiger charge is -2.10. The SMILES string of the molecule is CC(C)Nc1ccc(CS(C)(=O)=O)cc1.CC(C)Nc1cccc([N+](=O)[O-])c1.CCOC(=O)c1ccc(NC(C)C)cc1. The Hall–Kier alpha value is -4.12. The second-order valence-electron chi connectivity index (χ2n) is 10.8. The van der Waals surface area contributed by atoms with E-state index in [-0.39, 0.29) is 23.5 Å². The van der Waals surface area contributed by atoms with Gasteiger partial charge in [0.15, 0.2) is 9.84 Å². The molecule has 11 heteroatoms. The van der Waals surface area contributed by atoms with Crippen molar-refractivity contribution in [1.29, 1.82) is 0 Å². The molecule has 0 heterocycles. The summed E-state index contributed by atoms with van der Waals surface area (Å²) in [5.41, 5.74) is 4.34. The van der Waals surface area contributed by atoms with Crippen LogP contribution in [-0.2, 0) is 20.3 Å². The predicted molar refractivity (Wildman–Crippen MR) is 177 cm³/mol. The molecule has 0 saturated heterocycles. The number of ether oxygens (including phenoxy) is 1. The molecule has 236 valence electrons. The minimum Gasteiger partial charge on any atom is -0.462 e. The van der Waals surface area contributed by atoms with Gasteiger partial charge in [-0.25, -0.2) is 13.2 Å². The number of rotatable bonds is 11. The molecule has 0 aliphatic rings. The highest BCUT2D eigenvalue weighted by Crippen LogP contribution is 2.17. The third-order valence-corrected chi connectivity index (χ3v) is 6.06. The Morgan fingerprint density at radius 1 is 0.791 bits per heavy atom. The van der Waals surface area contributed by atoms with E-state index >= 15 is 0 Å². The van der Waals surface area contributed by atoms with Crippen LogP contribution in [0.4, 0.5) is 22.7 Å². The molecule has 0 saturated carbocycles. The number of nitro benzene ring substituents is 1. The Labute approximate surface area is 256 Å². The van der Waals surface area contributed by atoms with E-state index in [0.717, 1.165) is 22.6 Å². The van der Waals surface area contributed by atoms with Crippen molar-refractivity contribution in [3.8, 4) is 0 Å². The molecule has 0 fully saturated rings. The number of hydrogen-bond donors (Lipinski definition) is 3. The summed E-state index contributed by atoms with van der Waals surface area (Å²) in [6, 6.07) is 22.3. The first-order chi connectivity index (χ1) is 20.1. The minimum absolute atomic E-state index is 0.106. The number of anilines is 3. The predicted octanol–water partition coefficient (Wildman–Crippen LogP) is 7.15. The lowest BCUT2D eigenvalue weighted by Crippen LogP contribution is -2.10. The summed E-state index contributed by atoms with van der Waals surface area (Å²) >= 11 is 0. The summed E-state index contributed by atoms with van der Waals surface area (Å²) in [4.78, 5) is 21.4. The van der Waals surface area contributed by atoms with Crippen LogP contribution in [0.3, 0.4) is 0 Å². The zero-order valence-electron chi connectivity index (χ0n) is 26.4. The monoisotopic (exact) mass is 614 g/mol. The number of benzene rings is 3. The molecule has 0 spiro atoms.